The molecule has 5 aromatic rings. The van der Waals surface area contributed by atoms with E-state index in [-0.39, 0.29) is 17.4 Å². The minimum atomic E-state index is -0.284. The fourth-order valence-electron chi connectivity index (χ4n) is 6.32. The van der Waals surface area contributed by atoms with Crippen molar-refractivity contribution in [3.8, 4) is 11.3 Å². The van der Waals surface area contributed by atoms with E-state index in [4.69, 9.17) is 16.7 Å². The third-order valence-electron chi connectivity index (χ3n) is 8.66. The van der Waals surface area contributed by atoms with Crippen LogP contribution in [-0.4, -0.2) is 59.9 Å². The fraction of sp³-hybridized carbons (Fsp3) is 0.282. The highest BCUT2D eigenvalue weighted by Crippen LogP contribution is 2.38. The zero-order valence-electron chi connectivity index (χ0n) is 26.9. The Balaban J connectivity index is 1.09. The lowest BCUT2D eigenvalue weighted by Crippen LogP contribution is -2.48. The molecule has 2 heterocycles. The minimum absolute atomic E-state index is 0.154. The highest BCUT2D eigenvalue weighted by Gasteiger charge is 2.26. The summed E-state index contributed by atoms with van der Waals surface area (Å²) < 4.78 is 1.92. The molecule has 1 aromatic heterocycles. The lowest BCUT2D eigenvalue weighted by atomic mass is 9.84. The van der Waals surface area contributed by atoms with E-state index in [0.717, 1.165) is 44.0 Å². The van der Waals surface area contributed by atoms with Crippen molar-refractivity contribution >= 4 is 23.2 Å². The number of nitrogens with zero attached hydrogens (tertiary/aromatic N) is 4. The van der Waals surface area contributed by atoms with Gasteiger partial charge in [0.2, 0.25) is 0 Å². The molecule has 6 rings (SSSR count). The van der Waals surface area contributed by atoms with Crippen LogP contribution in [-0.2, 0) is 5.54 Å². The summed E-state index contributed by atoms with van der Waals surface area (Å²) in [6.07, 6.45) is 0. The van der Waals surface area contributed by atoms with Crippen molar-refractivity contribution in [2.75, 3.05) is 44.2 Å². The van der Waals surface area contributed by atoms with Crippen LogP contribution in [0.3, 0.4) is 0 Å². The molecule has 1 saturated heterocycles. The average molecular weight is 632 g/mol. The van der Waals surface area contributed by atoms with Crippen LogP contribution in [0.1, 0.15) is 53.9 Å². The molecule has 0 unspecified atom stereocenters. The number of hydrogen-bond acceptors (Lipinski definition) is 4. The SMILES string of the molecule is CC(C)(C)n1nc(C(=O)NCCN2CCN(c3ccccc3C(c3ccccc3)c3ccccc3)CC2)cc1-c1ccc(Cl)cc1. The summed E-state index contributed by atoms with van der Waals surface area (Å²) in [5.41, 5.74) is 7.22. The van der Waals surface area contributed by atoms with Crippen LogP contribution in [0.15, 0.2) is 115 Å². The molecule has 1 N–H and O–H groups in total. The lowest BCUT2D eigenvalue weighted by Gasteiger charge is -2.38. The summed E-state index contributed by atoms with van der Waals surface area (Å²) in [4.78, 5) is 18.1. The standard InChI is InChI=1S/C39H42ClN5O/c1-39(2,3)45-36(29-18-20-32(40)21-19-29)28-34(42-45)38(46)41-22-23-43-24-26-44(27-25-43)35-17-11-10-16-33(35)37(30-12-6-4-7-13-30)31-14-8-5-9-15-31/h4-21,28,37H,22-27H2,1-3H3,(H,41,46). The van der Waals surface area contributed by atoms with Crippen molar-refractivity contribution in [1.29, 1.82) is 0 Å². The van der Waals surface area contributed by atoms with Gasteiger partial charge in [0.05, 0.1) is 11.2 Å². The largest absolute Gasteiger partial charge is 0.369 e. The van der Waals surface area contributed by atoms with Gasteiger partial charge in [0.1, 0.15) is 0 Å². The number of benzene rings is 4. The first kappa shape index (κ1) is 31.6. The Morgan fingerprint density at radius 2 is 1.39 bits per heavy atom. The van der Waals surface area contributed by atoms with E-state index in [1.807, 2.05) is 35.0 Å². The minimum Gasteiger partial charge on any atom is -0.369 e. The maximum Gasteiger partial charge on any atom is 0.271 e. The Hall–Kier alpha value is -4.39. The molecule has 1 aliphatic rings. The fourth-order valence-corrected chi connectivity index (χ4v) is 6.45. The summed E-state index contributed by atoms with van der Waals surface area (Å²) in [6, 6.07) is 39.9. The molecule has 0 atom stereocenters. The lowest BCUT2D eigenvalue weighted by molar-refractivity contribution is 0.0941. The summed E-state index contributed by atoms with van der Waals surface area (Å²) in [5.74, 6) is 0.00690. The molecule has 0 aliphatic carbocycles. The molecule has 4 aromatic carbocycles. The summed E-state index contributed by atoms with van der Waals surface area (Å²) in [5, 5.41) is 8.50. The molecule has 0 bridgehead atoms. The third-order valence-corrected chi connectivity index (χ3v) is 8.91. The van der Waals surface area contributed by atoms with Gasteiger partial charge in [-0.05, 0) is 67.3 Å². The van der Waals surface area contributed by atoms with Gasteiger partial charge in [-0.25, -0.2) is 0 Å². The van der Waals surface area contributed by atoms with Gasteiger partial charge in [0.15, 0.2) is 5.69 Å². The highest BCUT2D eigenvalue weighted by atomic mass is 35.5. The van der Waals surface area contributed by atoms with E-state index in [1.165, 1.54) is 22.4 Å². The number of piperazine rings is 1. The Morgan fingerprint density at radius 1 is 0.804 bits per heavy atom. The zero-order valence-corrected chi connectivity index (χ0v) is 27.6. The predicted molar refractivity (Wildman–Crippen MR) is 189 cm³/mol. The summed E-state index contributed by atoms with van der Waals surface area (Å²) in [6.45, 7) is 11.4. The molecule has 0 radical (unpaired) electrons. The molecule has 0 spiro atoms. The van der Waals surface area contributed by atoms with Gasteiger partial charge in [0, 0.05) is 55.9 Å². The first-order valence-electron chi connectivity index (χ1n) is 16.1. The Bertz CT molecular complexity index is 1700. The van der Waals surface area contributed by atoms with Gasteiger partial charge >= 0.3 is 0 Å². The summed E-state index contributed by atoms with van der Waals surface area (Å²) >= 11 is 6.12. The van der Waals surface area contributed by atoms with Crippen molar-refractivity contribution in [2.45, 2.75) is 32.2 Å². The second-order valence-corrected chi connectivity index (χ2v) is 13.3. The average Bonchev–Trinajstić information content (AvgIpc) is 3.54. The molecule has 46 heavy (non-hydrogen) atoms. The predicted octanol–water partition coefficient (Wildman–Crippen LogP) is 7.69. The first-order chi connectivity index (χ1) is 22.3. The number of nitrogens with one attached hydrogen (secondary N) is 1. The van der Waals surface area contributed by atoms with Crippen LogP contribution in [0.4, 0.5) is 5.69 Å². The molecule has 236 valence electrons. The van der Waals surface area contributed by atoms with E-state index >= 15 is 0 Å². The van der Waals surface area contributed by atoms with Gasteiger partial charge in [0.25, 0.3) is 5.91 Å². The number of hydrogen-bond donors (Lipinski definition) is 1. The molecule has 7 heteroatoms. The van der Waals surface area contributed by atoms with Gasteiger partial charge in [-0.15, -0.1) is 0 Å². The molecule has 1 fully saturated rings. The monoisotopic (exact) mass is 631 g/mol. The molecule has 0 saturated carbocycles. The number of aromatic nitrogens is 2. The number of amides is 1. The van der Waals surface area contributed by atoms with Crippen molar-refractivity contribution in [3.63, 3.8) is 0 Å². The van der Waals surface area contributed by atoms with Crippen molar-refractivity contribution in [3.05, 3.63) is 143 Å². The van der Waals surface area contributed by atoms with Gasteiger partial charge in [-0.2, -0.15) is 5.10 Å². The maximum absolute atomic E-state index is 13.2. The normalized spacial score (nSPS) is 14.1. The number of carbonyl (C=O) groups is 1. The first-order valence-corrected chi connectivity index (χ1v) is 16.5. The number of carbonyl (C=O) groups excluding carboxylic acids is 1. The van der Waals surface area contributed by atoms with Crippen LogP contribution in [0, 0.1) is 0 Å². The van der Waals surface area contributed by atoms with Gasteiger partial charge in [-0.1, -0.05) is 103 Å². The van der Waals surface area contributed by atoms with E-state index < -0.39 is 0 Å². The highest BCUT2D eigenvalue weighted by molar-refractivity contribution is 6.30. The van der Waals surface area contributed by atoms with Crippen molar-refractivity contribution in [1.82, 2.24) is 20.0 Å². The molecule has 1 aliphatic heterocycles. The molecule has 6 nitrogen and oxygen atoms in total. The van der Waals surface area contributed by atoms with E-state index in [2.05, 4.69) is 121 Å². The van der Waals surface area contributed by atoms with Gasteiger partial charge < -0.3 is 10.2 Å². The van der Waals surface area contributed by atoms with Crippen molar-refractivity contribution < 1.29 is 4.79 Å². The number of halogens is 1. The maximum atomic E-state index is 13.2. The van der Waals surface area contributed by atoms with Crippen LogP contribution >= 0.6 is 11.6 Å². The second-order valence-electron chi connectivity index (χ2n) is 12.9. The van der Waals surface area contributed by atoms with Crippen LogP contribution < -0.4 is 10.2 Å². The number of para-hydroxylation sites is 1. The Labute approximate surface area is 277 Å². The third kappa shape index (κ3) is 7.19. The van der Waals surface area contributed by atoms with Gasteiger partial charge in [-0.3, -0.25) is 14.4 Å². The van der Waals surface area contributed by atoms with E-state index in [9.17, 15) is 4.79 Å². The zero-order chi connectivity index (χ0) is 32.1. The molecule has 1 amide bonds. The van der Waals surface area contributed by atoms with Crippen LogP contribution in [0.25, 0.3) is 11.3 Å². The topological polar surface area (TPSA) is 53.4 Å². The quantitative estimate of drug-likeness (QED) is 0.170. The van der Waals surface area contributed by atoms with E-state index in [1.54, 1.807) is 0 Å². The number of rotatable bonds is 9. The smallest absolute Gasteiger partial charge is 0.271 e. The van der Waals surface area contributed by atoms with Crippen LogP contribution in [0.5, 0.6) is 0 Å². The molecular weight excluding hydrogens is 590 g/mol. The molecular formula is C39H42ClN5O. The van der Waals surface area contributed by atoms with E-state index in [0.29, 0.717) is 17.3 Å². The second kappa shape index (κ2) is 13.9. The number of anilines is 1. The van der Waals surface area contributed by atoms with Crippen molar-refractivity contribution in [2.24, 2.45) is 0 Å². The Morgan fingerprint density at radius 3 is 2.00 bits per heavy atom. The Kier molecular flexibility index (Phi) is 9.57. The van der Waals surface area contributed by atoms with Crippen LogP contribution in [0.2, 0.25) is 5.02 Å². The summed E-state index contributed by atoms with van der Waals surface area (Å²) in [7, 11) is 0.